The first-order valence-corrected chi connectivity index (χ1v) is 8.19. The fraction of sp³-hybridized carbons (Fsp3) is 1.00. The molecule has 0 saturated heterocycles. The van der Waals surface area contributed by atoms with Gasteiger partial charge in [0.1, 0.15) is 0 Å². The quantitative estimate of drug-likeness (QED) is 0.680. The van der Waals surface area contributed by atoms with Gasteiger partial charge in [0.25, 0.3) is 0 Å². The predicted octanol–water partition coefficient (Wildman–Crippen LogP) is 3.93. The summed E-state index contributed by atoms with van der Waals surface area (Å²) in [6.45, 7) is 8.24. The summed E-state index contributed by atoms with van der Waals surface area (Å²) in [4.78, 5) is 0. The molecule has 1 fully saturated rings. The molecular weight excluding hydrogens is 214 g/mol. The van der Waals surface area contributed by atoms with Crippen molar-refractivity contribution in [3.63, 3.8) is 0 Å². The van der Waals surface area contributed by atoms with Gasteiger partial charge in [-0.05, 0) is 30.4 Å². The van der Waals surface area contributed by atoms with Crippen LogP contribution in [0.15, 0.2) is 0 Å². The Morgan fingerprint density at radius 2 is 2.19 bits per heavy atom. The molecule has 1 rings (SSSR count). The van der Waals surface area contributed by atoms with Gasteiger partial charge in [-0.15, -0.1) is 0 Å². The van der Waals surface area contributed by atoms with Crippen LogP contribution in [0.1, 0.15) is 52.9 Å². The van der Waals surface area contributed by atoms with Gasteiger partial charge in [0.15, 0.2) is 0 Å². The first-order valence-electron chi connectivity index (χ1n) is 7.03. The number of hydrogen-bond donors (Lipinski definition) is 1. The van der Waals surface area contributed by atoms with Crippen molar-refractivity contribution in [3.05, 3.63) is 0 Å². The minimum absolute atomic E-state index is 0.813. The van der Waals surface area contributed by atoms with Crippen molar-refractivity contribution in [2.45, 2.75) is 58.9 Å². The Kier molecular flexibility index (Phi) is 7.55. The molecular formula is C14H29NS. The van der Waals surface area contributed by atoms with E-state index < -0.39 is 0 Å². The van der Waals surface area contributed by atoms with Crippen molar-refractivity contribution in [3.8, 4) is 0 Å². The molecule has 3 unspecified atom stereocenters. The summed E-state index contributed by atoms with van der Waals surface area (Å²) in [5, 5.41) is 3.72. The van der Waals surface area contributed by atoms with Gasteiger partial charge >= 0.3 is 0 Å². The van der Waals surface area contributed by atoms with E-state index >= 15 is 0 Å². The van der Waals surface area contributed by atoms with Gasteiger partial charge < -0.3 is 5.32 Å². The molecule has 0 aliphatic heterocycles. The molecule has 1 aliphatic rings. The van der Waals surface area contributed by atoms with Gasteiger partial charge in [-0.1, -0.05) is 40.0 Å². The molecule has 1 saturated carbocycles. The molecule has 0 aromatic rings. The predicted molar refractivity (Wildman–Crippen MR) is 76.2 cm³/mol. The second kappa shape index (κ2) is 8.41. The number of thioether (sulfide) groups is 1. The SMILES string of the molecule is CCC(C)CSCCNC1CCCC(C)C1. The standard InChI is InChI=1S/C14H29NS/c1-4-12(2)11-16-9-8-15-14-7-5-6-13(3)10-14/h12-15H,4-11H2,1-3H3. The van der Waals surface area contributed by atoms with Crippen molar-refractivity contribution in [1.29, 1.82) is 0 Å². The molecule has 16 heavy (non-hydrogen) atoms. The van der Waals surface area contributed by atoms with Gasteiger partial charge in [-0.25, -0.2) is 0 Å². The Morgan fingerprint density at radius 3 is 2.88 bits per heavy atom. The fourth-order valence-electron chi connectivity index (χ4n) is 2.36. The number of nitrogens with one attached hydrogen (secondary N) is 1. The highest BCUT2D eigenvalue weighted by molar-refractivity contribution is 7.99. The van der Waals surface area contributed by atoms with Crippen LogP contribution in [0, 0.1) is 11.8 Å². The van der Waals surface area contributed by atoms with E-state index in [-0.39, 0.29) is 0 Å². The van der Waals surface area contributed by atoms with Crippen LogP contribution in [0.25, 0.3) is 0 Å². The molecule has 0 spiro atoms. The molecule has 96 valence electrons. The molecule has 0 radical (unpaired) electrons. The summed E-state index contributed by atoms with van der Waals surface area (Å²) in [6.07, 6.45) is 7.00. The Hall–Kier alpha value is 0.310. The Balaban J connectivity index is 1.94. The summed E-state index contributed by atoms with van der Waals surface area (Å²) in [5.74, 6) is 4.45. The minimum atomic E-state index is 0.813. The third-order valence-corrected chi connectivity index (χ3v) is 5.01. The monoisotopic (exact) mass is 243 g/mol. The van der Waals surface area contributed by atoms with Gasteiger partial charge in [0, 0.05) is 18.3 Å². The highest BCUT2D eigenvalue weighted by Crippen LogP contribution is 2.23. The first-order chi connectivity index (χ1) is 7.72. The maximum Gasteiger partial charge on any atom is 0.00699 e. The molecule has 1 nitrogen and oxygen atoms in total. The van der Waals surface area contributed by atoms with E-state index in [2.05, 4.69) is 37.8 Å². The van der Waals surface area contributed by atoms with Crippen molar-refractivity contribution in [2.75, 3.05) is 18.1 Å². The average Bonchev–Trinajstić information content (AvgIpc) is 2.28. The lowest BCUT2D eigenvalue weighted by Gasteiger charge is -2.27. The molecule has 0 aromatic carbocycles. The number of hydrogen-bond acceptors (Lipinski definition) is 2. The van der Waals surface area contributed by atoms with Gasteiger partial charge in [-0.3, -0.25) is 0 Å². The average molecular weight is 243 g/mol. The molecule has 2 heteroatoms. The largest absolute Gasteiger partial charge is 0.313 e. The zero-order chi connectivity index (χ0) is 11.8. The second-order valence-electron chi connectivity index (χ2n) is 5.51. The lowest BCUT2D eigenvalue weighted by atomic mass is 9.87. The second-order valence-corrected chi connectivity index (χ2v) is 6.66. The topological polar surface area (TPSA) is 12.0 Å². The Bertz CT molecular complexity index is 172. The van der Waals surface area contributed by atoms with Crippen molar-refractivity contribution >= 4 is 11.8 Å². The smallest absolute Gasteiger partial charge is 0.00699 e. The molecule has 0 amide bonds. The summed E-state index contributed by atoms with van der Waals surface area (Å²) in [5.41, 5.74) is 0. The molecule has 0 heterocycles. The van der Waals surface area contributed by atoms with Crippen LogP contribution < -0.4 is 5.32 Å². The highest BCUT2D eigenvalue weighted by atomic mass is 32.2. The maximum atomic E-state index is 3.72. The molecule has 1 N–H and O–H groups in total. The first kappa shape index (κ1) is 14.4. The molecule has 0 bridgehead atoms. The van der Waals surface area contributed by atoms with Gasteiger partial charge in [0.05, 0.1) is 0 Å². The van der Waals surface area contributed by atoms with Crippen molar-refractivity contribution in [1.82, 2.24) is 5.32 Å². The summed E-state index contributed by atoms with van der Waals surface area (Å²) in [7, 11) is 0. The molecule has 3 atom stereocenters. The Labute approximate surface area is 106 Å². The molecule has 1 aliphatic carbocycles. The van der Waals surface area contributed by atoms with E-state index in [0.29, 0.717) is 0 Å². The lowest BCUT2D eigenvalue weighted by molar-refractivity contribution is 0.306. The van der Waals surface area contributed by atoms with Crippen LogP contribution in [0.3, 0.4) is 0 Å². The minimum Gasteiger partial charge on any atom is -0.313 e. The fourth-order valence-corrected chi connectivity index (χ4v) is 3.42. The van der Waals surface area contributed by atoms with Crippen LogP contribution in [0.5, 0.6) is 0 Å². The van der Waals surface area contributed by atoms with Crippen LogP contribution in [0.4, 0.5) is 0 Å². The van der Waals surface area contributed by atoms with Crippen LogP contribution in [-0.2, 0) is 0 Å². The van der Waals surface area contributed by atoms with Crippen LogP contribution in [0.2, 0.25) is 0 Å². The van der Waals surface area contributed by atoms with Crippen molar-refractivity contribution in [2.24, 2.45) is 11.8 Å². The lowest BCUT2D eigenvalue weighted by Crippen LogP contribution is -2.34. The van der Waals surface area contributed by atoms with Crippen molar-refractivity contribution < 1.29 is 0 Å². The van der Waals surface area contributed by atoms with Gasteiger partial charge in [0.2, 0.25) is 0 Å². The van der Waals surface area contributed by atoms with E-state index in [4.69, 9.17) is 0 Å². The Morgan fingerprint density at radius 1 is 1.38 bits per heavy atom. The number of rotatable bonds is 7. The highest BCUT2D eigenvalue weighted by Gasteiger charge is 2.17. The van der Waals surface area contributed by atoms with E-state index in [1.807, 2.05) is 0 Å². The van der Waals surface area contributed by atoms with Crippen LogP contribution >= 0.6 is 11.8 Å². The maximum absolute atomic E-state index is 3.72. The summed E-state index contributed by atoms with van der Waals surface area (Å²) >= 11 is 2.11. The van der Waals surface area contributed by atoms with E-state index in [1.165, 1.54) is 50.2 Å². The van der Waals surface area contributed by atoms with Crippen LogP contribution in [-0.4, -0.2) is 24.1 Å². The third kappa shape index (κ3) is 6.15. The zero-order valence-corrected chi connectivity index (χ0v) is 12.1. The van der Waals surface area contributed by atoms with E-state index in [9.17, 15) is 0 Å². The molecule has 0 aromatic heterocycles. The summed E-state index contributed by atoms with van der Waals surface area (Å²) in [6, 6.07) is 0.813. The van der Waals surface area contributed by atoms with E-state index in [0.717, 1.165) is 17.9 Å². The zero-order valence-electron chi connectivity index (χ0n) is 11.3. The third-order valence-electron chi connectivity index (χ3n) is 3.72. The van der Waals surface area contributed by atoms with E-state index in [1.54, 1.807) is 0 Å². The van der Waals surface area contributed by atoms with Gasteiger partial charge in [-0.2, -0.15) is 11.8 Å². The normalized spacial score (nSPS) is 27.9. The summed E-state index contributed by atoms with van der Waals surface area (Å²) < 4.78 is 0.